The van der Waals surface area contributed by atoms with Gasteiger partial charge in [-0.1, -0.05) is 18.2 Å². The number of primary amides is 1. The van der Waals surface area contributed by atoms with E-state index >= 15 is 0 Å². The van der Waals surface area contributed by atoms with Crippen molar-refractivity contribution in [3.05, 3.63) is 30.3 Å². The van der Waals surface area contributed by atoms with E-state index < -0.39 is 23.1 Å². The fraction of sp³-hybridized carbons (Fsp3) is 0.600. The van der Waals surface area contributed by atoms with E-state index in [4.69, 9.17) is 10.5 Å². The van der Waals surface area contributed by atoms with E-state index in [-0.39, 0.29) is 15.8 Å². The monoisotopic (exact) mass is 379 g/mol. The van der Waals surface area contributed by atoms with E-state index in [1.165, 1.54) is 0 Å². The molecule has 1 unspecified atom stereocenters. The number of quaternary nitrogens is 1. The highest BCUT2D eigenvalue weighted by atomic mass is 32.2. The standard InChI is InChI=1S/C20H30N2O3S/c1-19(2,3)22(18(24)25-20(4,5)6)13-15(12-16(22)17(21)23)26-14-10-8-7-9-11-14/h7-11,15-16H,12-13H2,1-6H3,(H-,21,23)/p+1/t15-,16-,22?/m0/s1. The van der Waals surface area contributed by atoms with Crippen LogP contribution in [0.15, 0.2) is 35.2 Å². The lowest BCUT2D eigenvalue weighted by molar-refractivity contribution is -0.906. The Balaban J connectivity index is 2.40. The zero-order valence-corrected chi connectivity index (χ0v) is 17.4. The van der Waals surface area contributed by atoms with Crippen molar-refractivity contribution in [3.8, 4) is 0 Å². The normalized spacial score (nSPS) is 26.5. The molecule has 26 heavy (non-hydrogen) atoms. The Bertz CT molecular complexity index is 664. The molecule has 0 aromatic heterocycles. The van der Waals surface area contributed by atoms with Crippen molar-refractivity contribution < 1.29 is 18.8 Å². The molecule has 1 fully saturated rings. The summed E-state index contributed by atoms with van der Waals surface area (Å²) in [7, 11) is 0. The summed E-state index contributed by atoms with van der Waals surface area (Å²) in [4.78, 5) is 26.7. The maximum absolute atomic E-state index is 13.3. The third-order valence-corrected chi connectivity index (χ3v) is 6.02. The van der Waals surface area contributed by atoms with Gasteiger partial charge < -0.3 is 10.5 Å². The average molecular weight is 380 g/mol. The molecule has 1 heterocycles. The van der Waals surface area contributed by atoms with Gasteiger partial charge >= 0.3 is 6.09 Å². The number of nitrogens with zero attached hydrogens (tertiary/aromatic N) is 1. The molecular formula is C20H31N2O3S+. The highest BCUT2D eigenvalue weighted by molar-refractivity contribution is 8.00. The van der Waals surface area contributed by atoms with Crippen molar-refractivity contribution in [2.75, 3.05) is 6.54 Å². The van der Waals surface area contributed by atoms with Gasteiger partial charge in [-0.3, -0.25) is 4.79 Å². The molecular weight excluding hydrogens is 348 g/mol. The molecule has 0 aliphatic carbocycles. The number of likely N-dealkylation sites (tertiary alicyclic amines) is 1. The second-order valence-corrected chi connectivity index (χ2v) is 10.3. The number of rotatable bonds is 3. The number of carbonyl (C=O) groups is 2. The number of benzene rings is 1. The van der Waals surface area contributed by atoms with Crippen molar-refractivity contribution in [1.82, 2.24) is 0 Å². The maximum Gasteiger partial charge on any atom is 0.517 e. The van der Waals surface area contributed by atoms with Crippen LogP contribution in [0.3, 0.4) is 0 Å². The molecule has 1 aliphatic rings. The third-order valence-electron chi connectivity index (χ3n) is 4.80. The summed E-state index contributed by atoms with van der Waals surface area (Å²) in [5, 5.41) is 0.113. The van der Waals surface area contributed by atoms with Gasteiger partial charge in [0, 0.05) is 11.3 Å². The first-order valence-electron chi connectivity index (χ1n) is 8.99. The van der Waals surface area contributed by atoms with Crippen LogP contribution in [0.25, 0.3) is 0 Å². The number of amides is 2. The van der Waals surface area contributed by atoms with Crippen LogP contribution >= 0.6 is 11.8 Å². The van der Waals surface area contributed by atoms with E-state index in [0.29, 0.717) is 13.0 Å². The van der Waals surface area contributed by atoms with Gasteiger partial charge in [-0.2, -0.15) is 4.79 Å². The van der Waals surface area contributed by atoms with Gasteiger partial charge in [0.15, 0.2) is 6.04 Å². The second kappa shape index (κ2) is 7.24. The lowest BCUT2D eigenvalue weighted by atomic mass is 9.99. The summed E-state index contributed by atoms with van der Waals surface area (Å²) in [6.07, 6.45) is 0.191. The van der Waals surface area contributed by atoms with E-state index in [1.54, 1.807) is 11.8 Å². The molecule has 2 N–H and O–H groups in total. The van der Waals surface area contributed by atoms with Crippen LogP contribution in [-0.2, 0) is 9.53 Å². The summed E-state index contributed by atoms with van der Waals surface area (Å²) in [5.74, 6) is -0.443. The third kappa shape index (κ3) is 4.23. The van der Waals surface area contributed by atoms with Gasteiger partial charge in [0.25, 0.3) is 5.91 Å². The highest BCUT2D eigenvalue weighted by Gasteiger charge is 2.63. The number of hydrogen-bond acceptors (Lipinski definition) is 4. The van der Waals surface area contributed by atoms with Crippen LogP contribution in [0.5, 0.6) is 0 Å². The van der Waals surface area contributed by atoms with E-state index in [1.807, 2.05) is 71.9 Å². The Morgan fingerprint density at radius 1 is 1.12 bits per heavy atom. The molecule has 0 radical (unpaired) electrons. The Morgan fingerprint density at radius 3 is 2.15 bits per heavy atom. The Kier molecular flexibility index (Phi) is 5.78. The van der Waals surface area contributed by atoms with Crippen LogP contribution in [0, 0.1) is 0 Å². The predicted molar refractivity (Wildman–Crippen MR) is 105 cm³/mol. The van der Waals surface area contributed by atoms with Gasteiger partial charge in [-0.25, -0.2) is 4.48 Å². The van der Waals surface area contributed by atoms with Crippen molar-refractivity contribution in [3.63, 3.8) is 0 Å². The first kappa shape index (κ1) is 20.8. The predicted octanol–water partition coefficient (Wildman–Crippen LogP) is 3.96. The summed E-state index contributed by atoms with van der Waals surface area (Å²) >= 11 is 1.69. The molecule has 3 atom stereocenters. The lowest BCUT2D eigenvalue weighted by Gasteiger charge is -2.45. The topological polar surface area (TPSA) is 69.4 Å². The highest BCUT2D eigenvalue weighted by Crippen LogP contribution is 2.44. The van der Waals surface area contributed by atoms with Crippen LogP contribution in [0.4, 0.5) is 4.79 Å². The van der Waals surface area contributed by atoms with Crippen LogP contribution in [-0.4, -0.2) is 45.5 Å². The van der Waals surface area contributed by atoms with E-state index in [9.17, 15) is 9.59 Å². The van der Waals surface area contributed by atoms with Crippen LogP contribution < -0.4 is 5.73 Å². The van der Waals surface area contributed by atoms with Crippen molar-refractivity contribution in [2.24, 2.45) is 5.73 Å². The number of ether oxygens (including phenoxy) is 1. The minimum Gasteiger partial charge on any atom is -0.414 e. The summed E-state index contributed by atoms with van der Waals surface area (Å²) in [6, 6.07) is 9.45. The van der Waals surface area contributed by atoms with Gasteiger partial charge in [0.2, 0.25) is 0 Å². The Labute approximate surface area is 160 Å². The molecule has 0 saturated carbocycles. The van der Waals surface area contributed by atoms with Crippen molar-refractivity contribution in [2.45, 2.75) is 75.3 Å². The smallest absolute Gasteiger partial charge is 0.414 e. The van der Waals surface area contributed by atoms with Crippen molar-refractivity contribution >= 4 is 23.8 Å². The Morgan fingerprint density at radius 2 is 1.69 bits per heavy atom. The number of thioether (sulfide) groups is 1. The largest absolute Gasteiger partial charge is 0.517 e. The minimum absolute atomic E-state index is 0.0654. The first-order chi connectivity index (χ1) is 11.9. The zero-order valence-electron chi connectivity index (χ0n) is 16.6. The van der Waals surface area contributed by atoms with Gasteiger partial charge in [-0.15, -0.1) is 11.8 Å². The van der Waals surface area contributed by atoms with Gasteiger partial charge in [-0.05, 0) is 53.7 Å². The number of nitrogens with two attached hydrogens (primary N) is 1. The van der Waals surface area contributed by atoms with Gasteiger partial charge in [0.1, 0.15) is 17.7 Å². The molecule has 5 nitrogen and oxygen atoms in total. The van der Waals surface area contributed by atoms with Gasteiger partial charge in [0.05, 0.1) is 5.25 Å². The van der Waals surface area contributed by atoms with E-state index in [2.05, 4.69) is 0 Å². The summed E-state index contributed by atoms with van der Waals surface area (Å²) in [6.45, 7) is 12.0. The molecule has 1 aliphatic heterocycles. The SMILES string of the molecule is CC(C)(C)OC(=O)[N+]1(C(C)(C)C)C[C@@H](Sc2ccccc2)C[C@H]1C(N)=O. The molecule has 2 rings (SSSR count). The molecule has 0 bridgehead atoms. The molecule has 1 saturated heterocycles. The molecule has 2 amide bonds. The maximum atomic E-state index is 13.3. The minimum atomic E-state index is -0.625. The average Bonchev–Trinajstić information content (AvgIpc) is 2.87. The molecule has 1 aromatic carbocycles. The summed E-state index contributed by atoms with van der Waals surface area (Å²) < 4.78 is 5.68. The lowest BCUT2D eigenvalue weighted by Crippen LogP contribution is -2.69. The number of hydrogen-bond donors (Lipinski definition) is 1. The first-order valence-corrected chi connectivity index (χ1v) is 9.87. The van der Waals surface area contributed by atoms with Crippen LogP contribution in [0.2, 0.25) is 0 Å². The Hall–Kier alpha value is -1.53. The summed E-state index contributed by atoms with van der Waals surface area (Å²) in [5.41, 5.74) is 4.63. The zero-order chi connectivity index (χ0) is 19.8. The van der Waals surface area contributed by atoms with E-state index in [0.717, 1.165) is 4.90 Å². The van der Waals surface area contributed by atoms with Crippen molar-refractivity contribution in [1.29, 1.82) is 0 Å². The molecule has 6 heteroatoms. The molecule has 144 valence electrons. The quantitative estimate of drug-likeness (QED) is 0.807. The fourth-order valence-electron chi connectivity index (χ4n) is 3.62. The molecule has 0 spiro atoms. The van der Waals surface area contributed by atoms with Crippen LogP contribution in [0.1, 0.15) is 48.0 Å². The molecule has 1 aromatic rings. The number of carbonyl (C=O) groups excluding carboxylic acids is 2. The fourth-order valence-corrected chi connectivity index (χ4v) is 4.91. The second-order valence-electron chi connectivity index (χ2n) is 8.91.